The Kier molecular flexibility index (Phi) is 4.21. The highest BCUT2D eigenvalue weighted by molar-refractivity contribution is 5.73. The van der Waals surface area contributed by atoms with Crippen molar-refractivity contribution in [2.75, 3.05) is 13.1 Å². The lowest BCUT2D eigenvalue weighted by Gasteiger charge is -2.43. The van der Waals surface area contributed by atoms with Gasteiger partial charge in [-0.25, -0.2) is 4.79 Å². The van der Waals surface area contributed by atoms with Gasteiger partial charge in [-0.05, 0) is 27.7 Å². The van der Waals surface area contributed by atoms with Crippen molar-refractivity contribution in [1.29, 1.82) is 0 Å². The summed E-state index contributed by atoms with van der Waals surface area (Å²) >= 11 is 0. The van der Waals surface area contributed by atoms with Crippen molar-refractivity contribution in [3.05, 3.63) is 0 Å². The van der Waals surface area contributed by atoms with E-state index in [1.165, 1.54) is 0 Å². The summed E-state index contributed by atoms with van der Waals surface area (Å²) in [6, 6.07) is 0. The number of nitrogens with one attached hydrogen (secondary N) is 2. The number of carbonyl (C=O) groups excluding carboxylic acids is 1. The van der Waals surface area contributed by atoms with Crippen molar-refractivity contribution in [2.24, 2.45) is 5.92 Å². The van der Waals surface area contributed by atoms with Crippen molar-refractivity contribution < 1.29 is 19.4 Å². The Morgan fingerprint density at radius 2 is 1.89 bits per heavy atom. The molecule has 0 radical (unpaired) electrons. The van der Waals surface area contributed by atoms with Crippen LogP contribution in [0.1, 0.15) is 34.1 Å². The molecule has 0 bridgehead atoms. The van der Waals surface area contributed by atoms with Crippen LogP contribution in [0.15, 0.2) is 0 Å². The summed E-state index contributed by atoms with van der Waals surface area (Å²) in [7, 11) is 0. The molecule has 0 aliphatic carbocycles. The lowest BCUT2D eigenvalue weighted by atomic mass is 9.79. The van der Waals surface area contributed by atoms with Gasteiger partial charge in [0.05, 0.1) is 12.0 Å². The van der Waals surface area contributed by atoms with Gasteiger partial charge in [-0.1, -0.05) is 0 Å². The lowest BCUT2D eigenvalue weighted by Crippen LogP contribution is -2.63. The second kappa shape index (κ2) is 5.14. The van der Waals surface area contributed by atoms with E-state index in [1.807, 2.05) is 0 Å². The molecule has 1 atom stereocenters. The van der Waals surface area contributed by atoms with Gasteiger partial charge in [-0.2, -0.15) is 0 Å². The molecule has 1 aliphatic heterocycles. The van der Waals surface area contributed by atoms with Crippen LogP contribution in [0.25, 0.3) is 0 Å². The molecule has 18 heavy (non-hydrogen) atoms. The zero-order valence-corrected chi connectivity index (χ0v) is 11.4. The first-order valence-corrected chi connectivity index (χ1v) is 6.06. The molecule has 0 spiro atoms. The Labute approximate surface area is 107 Å². The predicted octanol–water partition coefficient (Wildman–Crippen LogP) is 0.964. The van der Waals surface area contributed by atoms with Crippen LogP contribution >= 0.6 is 0 Å². The van der Waals surface area contributed by atoms with Crippen LogP contribution in [-0.4, -0.2) is 41.4 Å². The minimum absolute atomic E-state index is 0.112. The van der Waals surface area contributed by atoms with E-state index >= 15 is 0 Å². The van der Waals surface area contributed by atoms with Crippen molar-refractivity contribution >= 4 is 12.1 Å². The van der Waals surface area contributed by atoms with Crippen molar-refractivity contribution in [1.82, 2.24) is 10.6 Å². The molecule has 1 unspecified atom stereocenters. The molecule has 6 heteroatoms. The first-order valence-electron chi connectivity index (χ1n) is 6.06. The monoisotopic (exact) mass is 258 g/mol. The van der Waals surface area contributed by atoms with Gasteiger partial charge in [0.15, 0.2) is 0 Å². The number of ether oxygens (including phenoxy) is 1. The van der Waals surface area contributed by atoms with Crippen molar-refractivity contribution in [3.8, 4) is 0 Å². The smallest absolute Gasteiger partial charge is 0.408 e. The minimum Gasteiger partial charge on any atom is -0.481 e. The number of hydrogen-bond acceptors (Lipinski definition) is 4. The fourth-order valence-electron chi connectivity index (χ4n) is 1.88. The molecule has 6 nitrogen and oxygen atoms in total. The van der Waals surface area contributed by atoms with Crippen LogP contribution in [0.3, 0.4) is 0 Å². The van der Waals surface area contributed by atoms with Gasteiger partial charge < -0.3 is 20.5 Å². The first kappa shape index (κ1) is 14.8. The number of alkyl carbamates (subject to hydrolysis) is 1. The molecule has 0 aromatic rings. The van der Waals surface area contributed by atoms with E-state index in [9.17, 15) is 9.59 Å². The van der Waals surface area contributed by atoms with Crippen LogP contribution < -0.4 is 10.6 Å². The van der Waals surface area contributed by atoms with E-state index in [0.29, 0.717) is 13.1 Å². The highest BCUT2D eigenvalue weighted by Crippen LogP contribution is 2.25. The van der Waals surface area contributed by atoms with E-state index < -0.39 is 23.2 Å². The van der Waals surface area contributed by atoms with Gasteiger partial charge >= 0.3 is 12.1 Å². The zero-order valence-electron chi connectivity index (χ0n) is 11.4. The van der Waals surface area contributed by atoms with E-state index in [2.05, 4.69) is 10.6 Å². The number of carboxylic acid groups (broad SMARTS) is 1. The summed E-state index contributed by atoms with van der Waals surface area (Å²) in [6.07, 6.45) is -0.684. The number of amides is 1. The molecule has 1 heterocycles. The molecule has 3 N–H and O–H groups in total. The molecular weight excluding hydrogens is 236 g/mol. The molecule has 1 fully saturated rings. The minimum atomic E-state index is -0.930. The normalized spacial score (nSPS) is 19.6. The summed E-state index contributed by atoms with van der Waals surface area (Å²) in [6.45, 7) is 8.47. The molecule has 104 valence electrons. The van der Waals surface area contributed by atoms with Gasteiger partial charge in [0, 0.05) is 19.0 Å². The van der Waals surface area contributed by atoms with Crippen LogP contribution in [0.5, 0.6) is 0 Å². The maximum Gasteiger partial charge on any atom is 0.408 e. The summed E-state index contributed by atoms with van der Waals surface area (Å²) in [4.78, 5) is 22.7. The van der Waals surface area contributed by atoms with Crippen LogP contribution in [0.4, 0.5) is 4.79 Å². The second-order valence-corrected chi connectivity index (χ2v) is 5.97. The highest BCUT2D eigenvalue weighted by atomic mass is 16.6. The fraction of sp³-hybridized carbons (Fsp3) is 0.833. The van der Waals surface area contributed by atoms with Gasteiger partial charge in [-0.3, -0.25) is 4.79 Å². The topological polar surface area (TPSA) is 87.7 Å². The second-order valence-electron chi connectivity index (χ2n) is 5.97. The standard InChI is InChI=1S/C12H22N2O4/c1-11(2,3)18-10(17)14-12(4,5-9(15)16)8-6-13-7-8/h8,13H,5-7H2,1-4H3,(H,14,17)(H,15,16). The lowest BCUT2D eigenvalue weighted by molar-refractivity contribution is -0.139. The Balaban J connectivity index is 2.66. The Morgan fingerprint density at radius 3 is 2.22 bits per heavy atom. The summed E-state index contributed by atoms with van der Waals surface area (Å²) in [5.41, 5.74) is -1.37. The van der Waals surface area contributed by atoms with Crippen molar-refractivity contribution in [3.63, 3.8) is 0 Å². The molecule has 1 aliphatic rings. The third-order valence-electron chi connectivity index (χ3n) is 2.99. The summed E-state index contributed by atoms with van der Waals surface area (Å²) in [5, 5.41) is 14.7. The zero-order chi connectivity index (χ0) is 14.0. The number of carbonyl (C=O) groups is 2. The maximum absolute atomic E-state index is 11.8. The highest BCUT2D eigenvalue weighted by Gasteiger charge is 2.41. The van der Waals surface area contributed by atoms with E-state index in [-0.39, 0.29) is 12.3 Å². The van der Waals surface area contributed by atoms with Gasteiger partial charge in [-0.15, -0.1) is 0 Å². The quantitative estimate of drug-likeness (QED) is 0.699. The number of rotatable bonds is 4. The molecule has 1 rings (SSSR count). The van der Waals surface area contributed by atoms with E-state index in [1.54, 1.807) is 27.7 Å². The third-order valence-corrected chi connectivity index (χ3v) is 2.99. The number of aliphatic carboxylic acids is 1. The maximum atomic E-state index is 11.8. The number of hydrogen-bond donors (Lipinski definition) is 3. The largest absolute Gasteiger partial charge is 0.481 e. The average molecular weight is 258 g/mol. The molecule has 1 saturated heterocycles. The van der Waals surface area contributed by atoms with Gasteiger partial charge in [0.1, 0.15) is 5.60 Å². The Hall–Kier alpha value is -1.30. The van der Waals surface area contributed by atoms with E-state index in [0.717, 1.165) is 0 Å². The number of carboxylic acids is 1. The Bertz CT molecular complexity index is 333. The van der Waals surface area contributed by atoms with Gasteiger partial charge in [0.2, 0.25) is 0 Å². The van der Waals surface area contributed by atoms with Crippen LogP contribution in [0.2, 0.25) is 0 Å². The van der Waals surface area contributed by atoms with Crippen LogP contribution in [0, 0.1) is 5.92 Å². The Morgan fingerprint density at radius 1 is 1.33 bits per heavy atom. The predicted molar refractivity (Wildman–Crippen MR) is 66.4 cm³/mol. The molecule has 1 amide bonds. The first-order chi connectivity index (χ1) is 8.12. The fourth-order valence-corrected chi connectivity index (χ4v) is 1.88. The van der Waals surface area contributed by atoms with Gasteiger partial charge in [0.25, 0.3) is 0 Å². The average Bonchev–Trinajstić information content (AvgIpc) is 1.90. The summed E-state index contributed by atoms with van der Waals surface area (Å²) < 4.78 is 5.17. The van der Waals surface area contributed by atoms with Crippen molar-refractivity contribution in [2.45, 2.75) is 45.3 Å². The summed E-state index contributed by atoms with van der Waals surface area (Å²) in [5.74, 6) is -0.818. The third kappa shape index (κ3) is 4.18. The van der Waals surface area contributed by atoms with Crippen LogP contribution in [-0.2, 0) is 9.53 Å². The molecule has 0 aromatic heterocycles. The SMILES string of the molecule is CC(C)(C)OC(=O)NC(C)(CC(=O)O)C1CNC1. The molecular formula is C12H22N2O4. The molecule has 0 aromatic carbocycles. The molecule has 0 saturated carbocycles. The van der Waals surface area contributed by atoms with E-state index in [4.69, 9.17) is 9.84 Å².